The number of fused-ring (bicyclic) bond motifs is 1. The van der Waals surface area contributed by atoms with Crippen LogP contribution in [-0.4, -0.2) is 30.4 Å². The van der Waals surface area contributed by atoms with Crippen molar-refractivity contribution >= 4 is 33.2 Å². The number of carbonyl (C=O) groups excluding carboxylic acids is 1. The van der Waals surface area contributed by atoms with Gasteiger partial charge in [0.05, 0.1) is 17.1 Å². The Morgan fingerprint density at radius 1 is 1.59 bits per heavy atom. The SMILES string of the molecule is C=C1/C(=N/C(=O)CO)c2cc(Br)ccc2N1C. The number of likely N-dealkylation sites (N-methyl/N-ethyl adjacent to an activating group) is 1. The molecule has 0 fully saturated rings. The maximum absolute atomic E-state index is 11.2. The maximum Gasteiger partial charge on any atom is 0.271 e. The molecule has 0 bridgehead atoms. The van der Waals surface area contributed by atoms with Gasteiger partial charge in [-0.1, -0.05) is 22.5 Å². The number of aliphatic hydroxyl groups excluding tert-OH is 1. The number of aliphatic imine (C=N–C) groups is 1. The molecule has 1 aliphatic rings. The molecule has 0 spiro atoms. The van der Waals surface area contributed by atoms with Gasteiger partial charge in [0.2, 0.25) is 0 Å². The Balaban J connectivity index is 2.57. The molecule has 0 saturated heterocycles. The van der Waals surface area contributed by atoms with Crippen molar-refractivity contribution in [3.05, 3.63) is 40.5 Å². The van der Waals surface area contributed by atoms with Gasteiger partial charge in [0.15, 0.2) is 0 Å². The van der Waals surface area contributed by atoms with Gasteiger partial charge < -0.3 is 10.0 Å². The van der Waals surface area contributed by atoms with Crippen molar-refractivity contribution in [3.63, 3.8) is 0 Å². The van der Waals surface area contributed by atoms with Gasteiger partial charge in [-0.3, -0.25) is 4.79 Å². The standard InChI is InChI=1S/C12H11BrN2O2/c1-7-12(14-11(17)6-16)9-5-8(13)3-4-10(9)15(7)2/h3-5,16H,1,6H2,2H3/b14-12-. The van der Waals surface area contributed by atoms with Crippen molar-refractivity contribution in [2.75, 3.05) is 18.6 Å². The molecule has 1 aliphatic heterocycles. The minimum Gasteiger partial charge on any atom is -0.386 e. The second-order valence-corrected chi connectivity index (χ2v) is 4.60. The molecule has 1 heterocycles. The summed E-state index contributed by atoms with van der Waals surface area (Å²) in [5, 5.41) is 8.74. The van der Waals surface area contributed by atoms with Crippen molar-refractivity contribution < 1.29 is 9.90 Å². The number of carbonyl (C=O) groups is 1. The summed E-state index contributed by atoms with van der Waals surface area (Å²) < 4.78 is 0.906. The lowest BCUT2D eigenvalue weighted by molar-refractivity contribution is -0.120. The van der Waals surface area contributed by atoms with Gasteiger partial charge >= 0.3 is 0 Å². The van der Waals surface area contributed by atoms with E-state index in [1.54, 1.807) is 0 Å². The van der Waals surface area contributed by atoms with Crippen LogP contribution in [0.15, 0.2) is 39.9 Å². The van der Waals surface area contributed by atoms with E-state index in [0.29, 0.717) is 11.4 Å². The molecular formula is C12H11BrN2O2. The molecule has 0 aliphatic carbocycles. The molecule has 5 heteroatoms. The van der Waals surface area contributed by atoms with E-state index in [-0.39, 0.29) is 0 Å². The maximum atomic E-state index is 11.2. The molecule has 0 unspecified atom stereocenters. The lowest BCUT2D eigenvalue weighted by Crippen LogP contribution is -2.14. The number of amides is 1. The Morgan fingerprint density at radius 3 is 2.94 bits per heavy atom. The first kappa shape index (κ1) is 12.0. The lowest BCUT2D eigenvalue weighted by Gasteiger charge is -2.12. The minimum atomic E-state index is -0.593. The fourth-order valence-corrected chi connectivity index (χ4v) is 2.10. The van der Waals surface area contributed by atoms with Crippen molar-refractivity contribution in [1.82, 2.24) is 0 Å². The van der Waals surface area contributed by atoms with Gasteiger partial charge in [-0.25, -0.2) is 4.99 Å². The summed E-state index contributed by atoms with van der Waals surface area (Å²) in [6.45, 7) is 3.30. The number of halogens is 1. The van der Waals surface area contributed by atoms with Crippen LogP contribution < -0.4 is 4.90 Å². The van der Waals surface area contributed by atoms with Crippen LogP contribution in [0, 0.1) is 0 Å². The number of aliphatic hydroxyl groups is 1. The number of rotatable bonds is 1. The van der Waals surface area contributed by atoms with Crippen LogP contribution in [0.1, 0.15) is 5.56 Å². The lowest BCUT2D eigenvalue weighted by atomic mass is 10.1. The number of nitrogens with zero attached hydrogens (tertiary/aromatic N) is 2. The monoisotopic (exact) mass is 294 g/mol. The molecule has 0 atom stereocenters. The Labute approximate surface area is 107 Å². The Morgan fingerprint density at radius 2 is 2.29 bits per heavy atom. The van der Waals surface area contributed by atoms with Crippen LogP contribution in [0.3, 0.4) is 0 Å². The highest BCUT2D eigenvalue weighted by Crippen LogP contribution is 2.34. The molecule has 1 aromatic rings. The fraction of sp³-hybridized carbons (Fsp3) is 0.167. The normalized spacial score (nSPS) is 16.5. The average molecular weight is 295 g/mol. The Kier molecular flexibility index (Phi) is 3.13. The number of allylic oxidation sites excluding steroid dienone is 1. The van der Waals surface area contributed by atoms with Crippen molar-refractivity contribution in [1.29, 1.82) is 0 Å². The summed E-state index contributed by atoms with van der Waals surface area (Å²) in [5.41, 5.74) is 2.96. The summed E-state index contributed by atoms with van der Waals surface area (Å²) in [6, 6.07) is 5.73. The van der Waals surface area contributed by atoms with E-state index in [9.17, 15) is 4.79 Å². The molecule has 4 nitrogen and oxygen atoms in total. The minimum absolute atomic E-state index is 0.517. The summed E-state index contributed by atoms with van der Waals surface area (Å²) in [6.07, 6.45) is 0. The van der Waals surface area contributed by atoms with Crippen molar-refractivity contribution in [2.45, 2.75) is 0 Å². The van der Waals surface area contributed by atoms with Gasteiger partial charge in [-0.15, -0.1) is 0 Å². The van der Waals surface area contributed by atoms with Gasteiger partial charge in [-0.2, -0.15) is 0 Å². The first-order chi connectivity index (χ1) is 8.04. The van der Waals surface area contributed by atoms with E-state index in [2.05, 4.69) is 27.5 Å². The zero-order valence-electron chi connectivity index (χ0n) is 9.27. The van der Waals surface area contributed by atoms with Gasteiger partial charge in [0, 0.05) is 17.1 Å². The molecule has 0 radical (unpaired) electrons. The molecule has 1 aromatic carbocycles. The van der Waals surface area contributed by atoms with Crippen LogP contribution in [0.5, 0.6) is 0 Å². The zero-order chi connectivity index (χ0) is 12.6. The van der Waals surface area contributed by atoms with Crippen molar-refractivity contribution in [2.24, 2.45) is 4.99 Å². The largest absolute Gasteiger partial charge is 0.386 e. The zero-order valence-corrected chi connectivity index (χ0v) is 10.9. The van der Waals surface area contributed by atoms with Crippen LogP contribution in [0.2, 0.25) is 0 Å². The van der Waals surface area contributed by atoms with Gasteiger partial charge in [0.1, 0.15) is 6.61 Å². The predicted octanol–water partition coefficient (Wildman–Crippen LogP) is 1.72. The molecule has 1 N–H and O–H groups in total. The second-order valence-electron chi connectivity index (χ2n) is 3.68. The third-order valence-electron chi connectivity index (χ3n) is 2.63. The van der Waals surface area contributed by atoms with Crippen LogP contribution in [-0.2, 0) is 4.79 Å². The highest BCUT2D eigenvalue weighted by Gasteiger charge is 2.27. The van der Waals surface area contributed by atoms with Gasteiger partial charge in [-0.05, 0) is 18.2 Å². The van der Waals surface area contributed by atoms with Crippen molar-refractivity contribution in [3.8, 4) is 0 Å². The van der Waals surface area contributed by atoms with E-state index in [4.69, 9.17) is 5.11 Å². The van der Waals surface area contributed by atoms with E-state index in [1.807, 2.05) is 30.1 Å². The quantitative estimate of drug-likeness (QED) is 0.858. The third-order valence-corrected chi connectivity index (χ3v) is 3.12. The molecule has 17 heavy (non-hydrogen) atoms. The summed E-state index contributed by atoms with van der Waals surface area (Å²) in [7, 11) is 1.86. The first-order valence-electron chi connectivity index (χ1n) is 5.00. The fourth-order valence-electron chi connectivity index (χ4n) is 1.73. The van der Waals surface area contributed by atoms with Crippen LogP contribution >= 0.6 is 15.9 Å². The van der Waals surface area contributed by atoms with E-state index >= 15 is 0 Å². The highest BCUT2D eigenvalue weighted by molar-refractivity contribution is 9.10. The van der Waals surface area contributed by atoms with E-state index in [1.165, 1.54) is 0 Å². The summed E-state index contributed by atoms with van der Waals surface area (Å²) in [5.74, 6) is -0.567. The van der Waals surface area contributed by atoms with Gasteiger partial charge in [0.25, 0.3) is 5.91 Å². The molecule has 2 rings (SSSR count). The van der Waals surface area contributed by atoms with E-state index in [0.717, 1.165) is 15.7 Å². The Hall–Kier alpha value is -1.46. The topological polar surface area (TPSA) is 52.9 Å². The molecule has 0 saturated carbocycles. The van der Waals surface area contributed by atoms with Crippen LogP contribution in [0.25, 0.3) is 0 Å². The molecular weight excluding hydrogens is 284 g/mol. The second kappa shape index (κ2) is 4.43. The molecule has 88 valence electrons. The number of anilines is 1. The number of hydrogen-bond acceptors (Lipinski definition) is 3. The first-order valence-corrected chi connectivity index (χ1v) is 5.79. The predicted molar refractivity (Wildman–Crippen MR) is 70.3 cm³/mol. The smallest absolute Gasteiger partial charge is 0.271 e. The summed E-state index contributed by atoms with van der Waals surface area (Å²) >= 11 is 3.38. The Bertz CT molecular complexity index is 537. The van der Waals surface area contributed by atoms with Crippen LogP contribution in [0.4, 0.5) is 5.69 Å². The molecule has 1 amide bonds. The average Bonchev–Trinajstić information content (AvgIpc) is 2.54. The number of benzene rings is 1. The number of hydrogen-bond donors (Lipinski definition) is 1. The molecule has 0 aromatic heterocycles. The highest BCUT2D eigenvalue weighted by atomic mass is 79.9. The summed E-state index contributed by atoms with van der Waals surface area (Å²) in [4.78, 5) is 16.9. The third kappa shape index (κ3) is 2.03. The van der Waals surface area contributed by atoms with E-state index < -0.39 is 12.5 Å².